The molecule has 5 heterocycles. The third-order valence-corrected chi connectivity index (χ3v) is 7.74. The van der Waals surface area contributed by atoms with Gasteiger partial charge in [-0.1, -0.05) is 0 Å². The van der Waals surface area contributed by atoms with Crippen LogP contribution in [0.1, 0.15) is 45.3 Å². The Morgan fingerprint density at radius 3 is 2.91 bits per heavy atom. The van der Waals surface area contributed by atoms with Crippen LogP contribution in [0.25, 0.3) is 4.96 Å². The first-order valence-electron chi connectivity index (χ1n) is 11.1. The molecule has 33 heavy (non-hydrogen) atoms. The Kier molecular flexibility index (Phi) is 5.22. The molecule has 2 amide bonds. The summed E-state index contributed by atoms with van der Waals surface area (Å²) < 4.78 is 3.95. The van der Waals surface area contributed by atoms with Crippen LogP contribution in [0.3, 0.4) is 0 Å². The Labute approximate surface area is 198 Å². The number of carbonyl (C=O) groups excluding carboxylic acids is 2. The zero-order chi connectivity index (χ0) is 22.4. The topological polar surface area (TPSA) is 97.4 Å². The van der Waals surface area contributed by atoms with E-state index in [-0.39, 0.29) is 18.2 Å². The fourth-order valence-electron chi connectivity index (χ4n) is 4.29. The van der Waals surface area contributed by atoms with Crippen molar-refractivity contribution in [3.05, 3.63) is 57.0 Å². The van der Waals surface area contributed by atoms with Crippen molar-refractivity contribution in [2.24, 2.45) is 5.92 Å². The van der Waals surface area contributed by atoms with Crippen LogP contribution < -0.4 is 5.32 Å². The minimum absolute atomic E-state index is 0.0236. The molecular formula is C22H23N7O2S2. The molecule has 1 fully saturated rings. The van der Waals surface area contributed by atoms with Gasteiger partial charge in [0, 0.05) is 66.7 Å². The predicted octanol–water partition coefficient (Wildman–Crippen LogP) is 2.52. The molecule has 1 N–H and O–H groups in total. The van der Waals surface area contributed by atoms with Gasteiger partial charge in [0.2, 0.25) is 5.91 Å². The second-order valence-electron chi connectivity index (χ2n) is 8.58. The summed E-state index contributed by atoms with van der Waals surface area (Å²) >= 11 is 3.06. The van der Waals surface area contributed by atoms with Crippen molar-refractivity contribution in [2.75, 3.05) is 6.54 Å². The van der Waals surface area contributed by atoms with Crippen molar-refractivity contribution in [3.8, 4) is 0 Å². The lowest BCUT2D eigenvalue weighted by Gasteiger charge is -2.27. The van der Waals surface area contributed by atoms with E-state index in [4.69, 9.17) is 5.10 Å². The van der Waals surface area contributed by atoms with Crippen LogP contribution in [-0.2, 0) is 37.3 Å². The number of carbonyl (C=O) groups is 2. The van der Waals surface area contributed by atoms with Crippen LogP contribution in [0.15, 0.2) is 29.4 Å². The number of nitrogens with one attached hydrogen (secondary N) is 1. The van der Waals surface area contributed by atoms with E-state index in [0.717, 1.165) is 33.5 Å². The predicted molar refractivity (Wildman–Crippen MR) is 124 cm³/mol. The number of thiazole rings is 2. The standard InChI is InChI=1S/C22H23N7O2S2/c30-19(9-15-12-28-6-8-33-22(28)25-15)27-5-3-17-16(13-27)20(26-29(17)11-14-1-2-14)21(31)24-10-18-23-4-7-32-18/h4,6-8,12,14H,1-3,5,9-11,13H2,(H,24,31). The highest BCUT2D eigenvalue weighted by molar-refractivity contribution is 7.15. The lowest BCUT2D eigenvalue weighted by atomic mass is 10.0. The van der Waals surface area contributed by atoms with Gasteiger partial charge in [0.05, 0.1) is 18.7 Å². The fraction of sp³-hybridized carbons (Fsp3) is 0.409. The minimum Gasteiger partial charge on any atom is -0.344 e. The number of aromatic nitrogens is 5. The van der Waals surface area contributed by atoms with Crippen molar-refractivity contribution in [2.45, 2.75) is 45.3 Å². The summed E-state index contributed by atoms with van der Waals surface area (Å²) in [7, 11) is 0. The summed E-state index contributed by atoms with van der Waals surface area (Å²) in [5.41, 5.74) is 3.16. The first kappa shape index (κ1) is 20.5. The van der Waals surface area contributed by atoms with Crippen LogP contribution in [0.4, 0.5) is 0 Å². The highest BCUT2D eigenvalue weighted by Gasteiger charge is 2.32. The molecule has 0 saturated heterocycles. The molecule has 0 aromatic carbocycles. The van der Waals surface area contributed by atoms with Gasteiger partial charge in [-0.25, -0.2) is 9.97 Å². The monoisotopic (exact) mass is 481 g/mol. The molecule has 0 unspecified atom stereocenters. The molecule has 6 rings (SSSR count). The van der Waals surface area contributed by atoms with E-state index in [1.54, 1.807) is 17.5 Å². The Hall–Kier alpha value is -3.05. The van der Waals surface area contributed by atoms with E-state index in [1.165, 1.54) is 24.2 Å². The molecule has 4 aromatic rings. The molecule has 0 radical (unpaired) electrons. The van der Waals surface area contributed by atoms with E-state index < -0.39 is 0 Å². The lowest BCUT2D eigenvalue weighted by molar-refractivity contribution is -0.131. The van der Waals surface area contributed by atoms with Crippen molar-refractivity contribution in [1.82, 2.24) is 34.4 Å². The molecule has 170 valence electrons. The molecule has 0 bridgehead atoms. The molecule has 4 aromatic heterocycles. The third-order valence-electron chi connectivity index (χ3n) is 6.19. The third kappa shape index (κ3) is 4.18. The van der Waals surface area contributed by atoms with Crippen molar-refractivity contribution < 1.29 is 9.59 Å². The Bertz CT molecular complexity index is 1290. The molecule has 0 spiro atoms. The second kappa shape index (κ2) is 8.38. The summed E-state index contributed by atoms with van der Waals surface area (Å²) in [4.78, 5) is 37.6. The average Bonchev–Trinajstić information content (AvgIpc) is 3.20. The summed E-state index contributed by atoms with van der Waals surface area (Å²) in [6.45, 7) is 2.26. The Morgan fingerprint density at radius 2 is 2.12 bits per heavy atom. The first-order chi connectivity index (χ1) is 16.1. The summed E-state index contributed by atoms with van der Waals surface area (Å²) in [5.74, 6) is 0.463. The highest BCUT2D eigenvalue weighted by Crippen LogP contribution is 2.32. The van der Waals surface area contributed by atoms with Gasteiger partial charge < -0.3 is 10.2 Å². The number of imidazole rings is 1. The second-order valence-corrected chi connectivity index (χ2v) is 10.4. The Balaban J connectivity index is 1.21. The van der Waals surface area contributed by atoms with E-state index in [9.17, 15) is 9.59 Å². The van der Waals surface area contributed by atoms with Gasteiger partial charge in [0.15, 0.2) is 10.7 Å². The minimum atomic E-state index is -0.209. The number of hydrogen-bond acceptors (Lipinski definition) is 7. The smallest absolute Gasteiger partial charge is 0.272 e. The van der Waals surface area contributed by atoms with Crippen LogP contribution in [0.2, 0.25) is 0 Å². The van der Waals surface area contributed by atoms with E-state index in [0.29, 0.717) is 37.7 Å². The van der Waals surface area contributed by atoms with Crippen molar-refractivity contribution in [3.63, 3.8) is 0 Å². The van der Waals surface area contributed by atoms with E-state index in [1.807, 2.05) is 37.1 Å². The average molecular weight is 482 g/mol. The zero-order valence-corrected chi connectivity index (χ0v) is 19.6. The quantitative estimate of drug-likeness (QED) is 0.438. The maximum absolute atomic E-state index is 13.1. The normalized spacial score (nSPS) is 15.7. The van der Waals surface area contributed by atoms with E-state index in [2.05, 4.69) is 15.3 Å². The molecule has 0 atom stereocenters. The van der Waals surface area contributed by atoms with Crippen molar-refractivity contribution >= 4 is 39.4 Å². The molecule has 9 nitrogen and oxygen atoms in total. The van der Waals surface area contributed by atoms with Gasteiger partial charge in [0.25, 0.3) is 5.91 Å². The fourth-order valence-corrected chi connectivity index (χ4v) is 5.56. The SMILES string of the molecule is O=C(NCc1nccs1)c1nn(CC2CC2)c2c1CN(C(=O)Cc1cn3ccsc3n1)CC2. The zero-order valence-electron chi connectivity index (χ0n) is 17.9. The maximum Gasteiger partial charge on any atom is 0.272 e. The van der Waals surface area contributed by atoms with Gasteiger partial charge in [-0.05, 0) is 18.8 Å². The maximum atomic E-state index is 13.1. The highest BCUT2D eigenvalue weighted by atomic mass is 32.1. The van der Waals surface area contributed by atoms with Gasteiger partial charge >= 0.3 is 0 Å². The summed E-state index contributed by atoms with van der Waals surface area (Å²) in [6, 6.07) is 0. The Morgan fingerprint density at radius 1 is 1.21 bits per heavy atom. The number of hydrogen-bond donors (Lipinski definition) is 1. The molecule has 1 aliphatic heterocycles. The summed E-state index contributed by atoms with van der Waals surface area (Å²) in [6.07, 6.45) is 8.97. The molecule has 1 saturated carbocycles. The molecule has 11 heteroatoms. The van der Waals surface area contributed by atoms with Crippen LogP contribution in [-0.4, -0.2) is 47.4 Å². The number of nitrogens with zero attached hydrogens (tertiary/aromatic N) is 6. The largest absolute Gasteiger partial charge is 0.344 e. The van der Waals surface area contributed by atoms with E-state index >= 15 is 0 Å². The summed E-state index contributed by atoms with van der Waals surface area (Å²) in [5, 5.41) is 12.4. The number of rotatable bonds is 7. The van der Waals surface area contributed by atoms with Crippen LogP contribution in [0.5, 0.6) is 0 Å². The lowest BCUT2D eigenvalue weighted by Crippen LogP contribution is -2.38. The van der Waals surface area contributed by atoms with Gasteiger partial charge in [-0.2, -0.15) is 5.10 Å². The molecule has 1 aliphatic carbocycles. The number of fused-ring (bicyclic) bond motifs is 2. The van der Waals surface area contributed by atoms with Crippen LogP contribution >= 0.6 is 22.7 Å². The molecular weight excluding hydrogens is 458 g/mol. The van der Waals surface area contributed by atoms with Crippen molar-refractivity contribution in [1.29, 1.82) is 0 Å². The molecule has 2 aliphatic rings. The van der Waals surface area contributed by atoms with Crippen LogP contribution in [0, 0.1) is 5.92 Å². The first-order valence-corrected chi connectivity index (χ1v) is 12.8. The van der Waals surface area contributed by atoms with Gasteiger partial charge in [0.1, 0.15) is 5.01 Å². The number of amides is 2. The van der Waals surface area contributed by atoms with Gasteiger partial charge in [-0.15, -0.1) is 22.7 Å². The van der Waals surface area contributed by atoms with Gasteiger partial charge in [-0.3, -0.25) is 18.7 Å².